The number of ether oxygens (including phenoxy) is 1. The average molecular weight is 335 g/mol. The molecule has 1 rings (SSSR count). The number of thiophene rings is 1. The summed E-state index contributed by atoms with van der Waals surface area (Å²) in [4.78, 5) is 6.43. The maximum Gasteiger partial charge on any atom is 0.208 e. The lowest BCUT2D eigenvalue weighted by Gasteiger charge is -2.21. The Balaban J connectivity index is 2.64. The van der Waals surface area contributed by atoms with Crippen LogP contribution in [0.25, 0.3) is 0 Å². The maximum absolute atomic E-state index is 5.51. The van der Waals surface area contributed by atoms with Crippen molar-refractivity contribution in [3.05, 3.63) is 20.8 Å². The molecule has 0 aromatic carbocycles. The van der Waals surface area contributed by atoms with Gasteiger partial charge in [0.2, 0.25) is 5.96 Å². The molecular weight excluding hydrogens is 316 g/mol. The van der Waals surface area contributed by atoms with E-state index < -0.39 is 0 Å². The molecule has 0 aliphatic carbocycles. The number of guanidine groups is 1. The summed E-state index contributed by atoms with van der Waals surface area (Å²) < 4.78 is 6.17. The largest absolute Gasteiger partial charge is 0.382 e. The molecule has 0 spiro atoms. The Morgan fingerprint density at radius 3 is 2.94 bits per heavy atom. The summed E-state index contributed by atoms with van der Waals surface area (Å²) >= 11 is 5.12. The van der Waals surface area contributed by atoms with E-state index in [2.05, 4.69) is 37.8 Å². The van der Waals surface area contributed by atoms with Crippen molar-refractivity contribution in [2.75, 3.05) is 20.8 Å². The number of halogens is 1. The Bertz CT molecular complexity index is 396. The van der Waals surface area contributed by atoms with Gasteiger partial charge in [0, 0.05) is 20.7 Å². The van der Waals surface area contributed by atoms with Crippen LogP contribution in [-0.4, -0.2) is 37.7 Å². The molecule has 0 saturated carbocycles. The summed E-state index contributed by atoms with van der Waals surface area (Å²) in [7, 11) is 3.61. The van der Waals surface area contributed by atoms with Gasteiger partial charge in [0.25, 0.3) is 0 Å². The van der Waals surface area contributed by atoms with E-state index in [0.29, 0.717) is 12.6 Å². The third kappa shape index (κ3) is 4.93. The van der Waals surface area contributed by atoms with Crippen LogP contribution < -0.4 is 11.3 Å². The summed E-state index contributed by atoms with van der Waals surface area (Å²) in [6.45, 7) is 3.31. The highest BCUT2D eigenvalue weighted by atomic mass is 79.9. The monoisotopic (exact) mass is 334 g/mol. The number of nitrogens with zero attached hydrogens (tertiary/aromatic N) is 2. The highest BCUT2D eigenvalue weighted by Crippen LogP contribution is 2.21. The van der Waals surface area contributed by atoms with E-state index in [-0.39, 0.29) is 6.04 Å². The van der Waals surface area contributed by atoms with Crippen molar-refractivity contribution < 1.29 is 4.74 Å². The molecule has 1 unspecified atom stereocenters. The summed E-state index contributed by atoms with van der Waals surface area (Å²) in [5.74, 6) is 6.16. The molecule has 18 heavy (non-hydrogen) atoms. The van der Waals surface area contributed by atoms with Crippen LogP contribution in [0.15, 0.2) is 20.2 Å². The van der Waals surface area contributed by atoms with Crippen LogP contribution >= 0.6 is 27.3 Å². The molecule has 1 aromatic heterocycles. The van der Waals surface area contributed by atoms with Gasteiger partial charge >= 0.3 is 0 Å². The first-order chi connectivity index (χ1) is 8.56. The molecule has 0 fully saturated rings. The number of rotatable bonds is 5. The molecule has 0 aliphatic heterocycles. The van der Waals surface area contributed by atoms with Gasteiger partial charge in [-0.1, -0.05) is 0 Å². The summed E-state index contributed by atoms with van der Waals surface area (Å²) in [6.07, 6.45) is 0. The van der Waals surface area contributed by atoms with Gasteiger partial charge in [-0.05, 0) is 39.9 Å². The van der Waals surface area contributed by atoms with Crippen LogP contribution in [0.1, 0.15) is 12.5 Å². The second-order valence-corrected chi connectivity index (χ2v) is 6.31. The van der Waals surface area contributed by atoms with Gasteiger partial charge in [-0.15, -0.1) is 11.3 Å². The van der Waals surface area contributed by atoms with E-state index in [9.17, 15) is 0 Å². The first-order valence-corrected chi connectivity index (χ1v) is 7.21. The molecule has 0 aliphatic rings. The van der Waals surface area contributed by atoms with Crippen molar-refractivity contribution in [1.82, 2.24) is 10.3 Å². The zero-order valence-corrected chi connectivity index (χ0v) is 13.2. The molecule has 0 bridgehead atoms. The number of hydrazine groups is 1. The van der Waals surface area contributed by atoms with Crippen molar-refractivity contribution in [1.29, 1.82) is 0 Å². The molecule has 1 atom stereocenters. The summed E-state index contributed by atoms with van der Waals surface area (Å²) in [5.41, 5.74) is 3.85. The lowest BCUT2D eigenvalue weighted by atomic mass is 10.3. The minimum Gasteiger partial charge on any atom is -0.382 e. The first kappa shape index (κ1) is 15.4. The van der Waals surface area contributed by atoms with E-state index in [1.807, 2.05) is 18.9 Å². The third-order valence-corrected chi connectivity index (χ3v) is 3.84. The highest BCUT2D eigenvalue weighted by Gasteiger charge is 2.09. The molecule has 0 amide bonds. The molecule has 5 nitrogen and oxygen atoms in total. The molecule has 102 valence electrons. The fourth-order valence-electron chi connectivity index (χ4n) is 1.51. The Morgan fingerprint density at radius 1 is 1.72 bits per heavy atom. The van der Waals surface area contributed by atoms with Crippen molar-refractivity contribution >= 4 is 33.2 Å². The van der Waals surface area contributed by atoms with Gasteiger partial charge in [0.05, 0.1) is 16.4 Å². The summed E-state index contributed by atoms with van der Waals surface area (Å²) in [5, 5.41) is 2.10. The predicted octanol–water partition coefficient (Wildman–Crippen LogP) is 1.80. The van der Waals surface area contributed by atoms with E-state index >= 15 is 0 Å². The molecule has 3 N–H and O–H groups in total. The van der Waals surface area contributed by atoms with Crippen LogP contribution in [0.5, 0.6) is 0 Å². The van der Waals surface area contributed by atoms with Gasteiger partial charge in [0.15, 0.2) is 0 Å². The van der Waals surface area contributed by atoms with Crippen LogP contribution in [0, 0.1) is 0 Å². The van der Waals surface area contributed by atoms with Gasteiger partial charge < -0.3 is 9.64 Å². The average Bonchev–Trinajstić information content (AvgIpc) is 2.72. The predicted molar refractivity (Wildman–Crippen MR) is 79.6 cm³/mol. The fourth-order valence-corrected chi connectivity index (χ4v) is 2.71. The lowest BCUT2D eigenvalue weighted by Crippen LogP contribution is -2.43. The quantitative estimate of drug-likeness (QED) is 0.373. The van der Waals surface area contributed by atoms with Crippen LogP contribution in [-0.2, 0) is 11.3 Å². The first-order valence-electron chi connectivity index (χ1n) is 5.54. The van der Waals surface area contributed by atoms with Gasteiger partial charge in [-0.3, -0.25) is 5.43 Å². The third-order valence-electron chi connectivity index (χ3n) is 2.28. The van der Waals surface area contributed by atoms with Crippen LogP contribution in [0.2, 0.25) is 0 Å². The van der Waals surface area contributed by atoms with Crippen molar-refractivity contribution in [2.45, 2.75) is 19.5 Å². The van der Waals surface area contributed by atoms with E-state index in [4.69, 9.17) is 10.6 Å². The zero-order chi connectivity index (χ0) is 13.5. The number of nitrogens with one attached hydrogen (secondary N) is 1. The zero-order valence-electron chi connectivity index (χ0n) is 10.8. The number of aliphatic imine (C=N–C) groups is 1. The standard InChI is InChI=1S/C11H19BrN4OS/c1-8(6-17-3)14-11(15-13)16(2)5-9-4-10(12)18-7-9/h4,7-8H,5-6,13H2,1-3H3,(H,14,15). The van der Waals surface area contributed by atoms with Crippen molar-refractivity contribution in [2.24, 2.45) is 10.8 Å². The number of nitrogens with two attached hydrogens (primary N) is 1. The van der Waals surface area contributed by atoms with E-state index in [1.165, 1.54) is 5.56 Å². The number of hydrogen-bond donors (Lipinski definition) is 2. The van der Waals surface area contributed by atoms with Gasteiger partial charge in [-0.25, -0.2) is 10.8 Å². The van der Waals surface area contributed by atoms with E-state index in [1.54, 1.807) is 18.4 Å². The minimum absolute atomic E-state index is 0.0673. The minimum atomic E-state index is 0.0673. The van der Waals surface area contributed by atoms with Gasteiger partial charge in [-0.2, -0.15) is 0 Å². The molecule has 0 saturated heterocycles. The van der Waals surface area contributed by atoms with Crippen LogP contribution in [0.4, 0.5) is 0 Å². The lowest BCUT2D eigenvalue weighted by molar-refractivity contribution is 0.185. The summed E-state index contributed by atoms with van der Waals surface area (Å²) in [6, 6.07) is 2.16. The maximum atomic E-state index is 5.51. The smallest absolute Gasteiger partial charge is 0.208 e. The molecule has 0 radical (unpaired) electrons. The Labute approximate surface area is 120 Å². The number of methoxy groups -OCH3 is 1. The number of hydrogen-bond acceptors (Lipinski definition) is 4. The Hall–Kier alpha value is -0.630. The van der Waals surface area contributed by atoms with Crippen molar-refractivity contribution in [3.63, 3.8) is 0 Å². The second kappa shape index (κ2) is 7.73. The van der Waals surface area contributed by atoms with Gasteiger partial charge in [0.1, 0.15) is 0 Å². The Morgan fingerprint density at radius 2 is 2.44 bits per heavy atom. The molecule has 7 heteroatoms. The molecular formula is C11H19BrN4OS. The molecule has 1 aromatic rings. The molecule has 1 heterocycles. The Kier molecular flexibility index (Phi) is 6.62. The van der Waals surface area contributed by atoms with Crippen LogP contribution in [0.3, 0.4) is 0 Å². The fraction of sp³-hybridized carbons (Fsp3) is 0.545. The highest BCUT2D eigenvalue weighted by molar-refractivity contribution is 9.11. The van der Waals surface area contributed by atoms with Crippen molar-refractivity contribution in [3.8, 4) is 0 Å². The second-order valence-electron chi connectivity index (χ2n) is 4.02. The SMILES string of the molecule is COCC(C)N=C(NN)N(C)Cc1csc(Br)c1. The topological polar surface area (TPSA) is 62.9 Å². The normalized spacial score (nSPS) is 13.5. The van der Waals surface area contributed by atoms with E-state index in [0.717, 1.165) is 10.3 Å².